The van der Waals surface area contributed by atoms with E-state index in [-0.39, 0.29) is 13.0 Å². The van der Waals surface area contributed by atoms with Crippen molar-refractivity contribution in [2.75, 3.05) is 6.61 Å². The van der Waals surface area contributed by atoms with E-state index in [9.17, 15) is 13.2 Å². The van der Waals surface area contributed by atoms with E-state index in [2.05, 4.69) is 5.43 Å². The van der Waals surface area contributed by atoms with Crippen molar-refractivity contribution in [2.24, 2.45) is 5.84 Å². The molecule has 1 aromatic carbocycles. The summed E-state index contributed by atoms with van der Waals surface area (Å²) in [6.45, 7) is 0.170. The molecule has 7 heteroatoms. The molecule has 2 unspecified atom stereocenters. The number of fused-ring (bicyclic) bond motifs is 1. The summed E-state index contributed by atoms with van der Waals surface area (Å²) in [7, 11) is 0. The maximum atomic E-state index is 12.2. The maximum Gasteiger partial charge on any atom is 0.389 e. The molecule has 2 atom stereocenters. The van der Waals surface area contributed by atoms with Gasteiger partial charge in [-0.1, -0.05) is 12.1 Å². The van der Waals surface area contributed by atoms with E-state index < -0.39 is 24.7 Å². The predicted molar refractivity (Wildman–Crippen MR) is 62.8 cm³/mol. The average Bonchev–Trinajstić information content (AvgIpc) is 2.38. The van der Waals surface area contributed by atoms with Gasteiger partial charge in [0, 0.05) is 6.42 Å². The highest BCUT2D eigenvalue weighted by molar-refractivity contribution is 5.40. The van der Waals surface area contributed by atoms with Gasteiger partial charge in [0.2, 0.25) is 0 Å². The second kappa shape index (κ2) is 5.66. The molecule has 0 amide bonds. The molecule has 0 saturated heterocycles. The van der Waals surface area contributed by atoms with E-state index in [0.29, 0.717) is 11.5 Å². The Morgan fingerprint density at radius 3 is 2.63 bits per heavy atom. The molecule has 19 heavy (non-hydrogen) atoms. The quantitative estimate of drug-likeness (QED) is 0.652. The predicted octanol–water partition coefficient (Wildman–Crippen LogP) is 2.00. The van der Waals surface area contributed by atoms with Crippen LogP contribution >= 0.6 is 0 Å². The molecule has 2 rings (SSSR count). The highest BCUT2D eigenvalue weighted by Crippen LogP contribution is 2.32. The van der Waals surface area contributed by atoms with Crippen LogP contribution in [0.5, 0.6) is 11.5 Å². The summed E-state index contributed by atoms with van der Waals surface area (Å²) in [5.41, 5.74) is 2.37. The van der Waals surface area contributed by atoms with Crippen molar-refractivity contribution >= 4 is 0 Å². The summed E-state index contributed by atoms with van der Waals surface area (Å²) in [6, 6.07) is 6.40. The fraction of sp³-hybridized carbons (Fsp3) is 0.500. The first kappa shape index (κ1) is 14.0. The van der Waals surface area contributed by atoms with Gasteiger partial charge in [-0.2, -0.15) is 13.2 Å². The molecular weight excluding hydrogens is 261 g/mol. The monoisotopic (exact) mass is 276 g/mol. The first-order valence-electron chi connectivity index (χ1n) is 5.91. The zero-order valence-electron chi connectivity index (χ0n) is 10.1. The van der Waals surface area contributed by atoms with Gasteiger partial charge in [-0.25, -0.2) is 0 Å². The lowest BCUT2D eigenvalue weighted by atomic mass is 10.1. The normalized spacial score (nSPS) is 20.1. The van der Waals surface area contributed by atoms with Crippen LogP contribution in [-0.2, 0) is 0 Å². The van der Waals surface area contributed by atoms with Crippen molar-refractivity contribution in [1.82, 2.24) is 5.43 Å². The Bertz CT molecular complexity index is 426. The van der Waals surface area contributed by atoms with Crippen LogP contribution in [0.25, 0.3) is 0 Å². The van der Waals surface area contributed by atoms with Crippen LogP contribution in [-0.4, -0.2) is 24.9 Å². The Balaban J connectivity index is 1.98. The SMILES string of the molecule is NNC(CCC(F)(F)F)C1COc2ccccc2O1. The Morgan fingerprint density at radius 2 is 2.00 bits per heavy atom. The number of hydrogen-bond donors (Lipinski definition) is 2. The summed E-state index contributed by atoms with van der Waals surface area (Å²) < 4.78 is 47.7. The lowest BCUT2D eigenvalue weighted by Gasteiger charge is -2.32. The molecular formula is C12H15F3N2O2. The first-order valence-corrected chi connectivity index (χ1v) is 5.91. The first-order chi connectivity index (χ1) is 8.99. The molecule has 0 radical (unpaired) electrons. The van der Waals surface area contributed by atoms with E-state index in [1.165, 1.54) is 0 Å². The van der Waals surface area contributed by atoms with Crippen molar-refractivity contribution in [2.45, 2.75) is 31.2 Å². The maximum absolute atomic E-state index is 12.2. The molecule has 1 heterocycles. The number of nitrogens with two attached hydrogens (primary N) is 1. The third-order valence-corrected chi connectivity index (χ3v) is 2.93. The fourth-order valence-corrected chi connectivity index (χ4v) is 1.93. The van der Waals surface area contributed by atoms with Crippen molar-refractivity contribution in [3.05, 3.63) is 24.3 Å². The molecule has 1 aliphatic rings. The van der Waals surface area contributed by atoms with Crippen LogP contribution < -0.4 is 20.7 Å². The average molecular weight is 276 g/mol. The van der Waals surface area contributed by atoms with Gasteiger partial charge in [-0.3, -0.25) is 11.3 Å². The lowest BCUT2D eigenvalue weighted by molar-refractivity contribution is -0.138. The van der Waals surface area contributed by atoms with Gasteiger partial charge in [-0.05, 0) is 18.6 Å². The van der Waals surface area contributed by atoms with Gasteiger partial charge in [0.05, 0.1) is 6.04 Å². The number of benzene rings is 1. The third kappa shape index (κ3) is 3.74. The minimum absolute atomic E-state index is 0.157. The van der Waals surface area contributed by atoms with E-state index in [4.69, 9.17) is 15.3 Å². The zero-order valence-corrected chi connectivity index (χ0v) is 10.1. The molecule has 1 aliphatic heterocycles. The molecule has 1 aromatic rings. The highest BCUT2D eigenvalue weighted by Gasteiger charge is 2.33. The zero-order chi connectivity index (χ0) is 13.9. The summed E-state index contributed by atoms with van der Waals surface area (Å²) >= 11 is 0. The van der Waals surface area contributed by atoms with Crippen LogP contribution in [0.3, 0.4) is 0 Å². The minimum Gasteiger partial charge on any atom is -0.486 e. The van der Waals surface area contributed by atoms with Gasteiger partial charge < -0.3 is 9.47 Å². The number of alkyl halides is 3. The number of hydrazine groups is 1. The van der Waals surface area contributed by atoms with Gasteiger partial charge >= 0.3 is 6.18 Å². The fourth-order valence-electron chi connectivity index (χ4n) is 1.93. The summed E-state index contributed by atoms with van der Waals surface area (Å²) in [5.74, 6) is 6.41. The lowest BCUT2D eigenvalue weighted by Crippen LogP contribution is -2.50. The Kier molecular flexibility index (Phi) is 4.16. The largest absolute Gasteiger partial charge is 0.486 e. The topological polar surface area (TPSA) is 56.5 Å². The Labute approximate surface area is 108 Å². The summed E-state index contributed by atoms with van der Waals surface area (Å²) in [6.07, 6.45) is -5.82. The summed E-state index contributed by atoms with van der Waals surface area (Å²) in [5, 5.41) is 0. The Morgan fingerprint density at radius 1 is 1.32 bits per heavy atom. The molecule has 0 aromatic heterocycles. The van der Waals surface area contributed by atoms with Crippen molar-refractivity contribution in [3.63, 3.8) is 0 Å². The molecule has 106 valence electrons. The molecule has 0 saturated carbocycles. The van der Waals surface area contributed by atoms with Crippen molar-refractivity contribution in [3.8, 4) is 11.5 Å². The van der Waals surface area contributed by atoms with Crippen LogP contribution in [0.2, 0.25) is 0 Å². The van der Waals surface area contributed by atoms with Gasteiger partial charge in [0.15, 0.2) is 11.5 Å². The summed E-state index contributed by atoms with van der Waals surface area (Å²) in [4.78, 5) is 0. The number of para-hydroxylation sites is 2. The second-order valence-electron chi connectivity index (χ2n) is 4.34. The number of hydrogen-bond acceptors (Lipinski definition) is 4. The second-order valence-corrected chi connectivity index (χ2v) is 4.34. The number of halogens is 3. The Hall–Kier alpha value is -1.47. The van der Waals surface area contributed by atoms with Crippen LogP contribution in [0.1, 0.15) is 12.8 Å². The van der Waals surface area contributed by atoms with Crippen molar-refractivity contribution in [1.29, 1.82) is 0 Å². The van der Waals surface area contributed by atoms with Crippen molar-refractivity contribution < 1.29 is 22.6 Å². The minimum atomic E-state index is -4.21. The van der Waals surface area contributed by atoms with E-state index in [0.717, 1.165) is 0 Å². The molecule has 0 bridgehead atoms. The molecule has 0 spiro atoms. The van der Waals surface area contributed by atoms with Crippen LogP contribution in [0, 0.1) is 0 Å². The molecule has 4 nitrogen and oxygen atoms in total. The standard InChI is InChI=1S/C12H15F3N2O2/c13-12(14,15)6-5-8(17-16)11-7-18-9-3-1-2-4-10(9)19-11/h1-4,8,11,17H,5-7,16H2. The highest BCUT2D eigenvalue weighted by atomic mass is 19.4. The molecule has 0 aliphatic carbocycles. The smallest absolute Gasteiger partial charge is 0.389 e. The van der Waals surface area contributed by atoms with E-state index >= 15 is 0 Å². The van der Waals surface area contributed by atoms with Crippen LogP contribution in [0.15, 0.2) is 24.3 Å². The number of rotatable bonds is 4. The number of ether oxygens (including phenoxy) is 2. The van der Waals surface area contributed by atoms with Gasteiger partial charge in [0.25, 0.3) is 0 Å². The van der Waals surface area contributed by atoms with E-state index in [1.54, 1.807) is 24.3 Å². The van der Waals surface area contributed by atoms with E-state index in [1.807, 2.05) is 0 Å². The number of nitrogens with one attached hydrogen (secondary N) is 1. The van der Waals surface area contributed by atoms with Gasteiger partial charge in [-0.15, -0.1) is 0 Å². The van der Waals surface area contributed by atoms with Crippen LogP contribution in [0.4, 0.5) is 13.2 Å². The third-order valence-electron chi connectivity index (χ3n) is 2.93. The van der Waals surface area contributed by atoms with Gasteiger partial charge in [0.1, 0.15) is 12.7 Å². The molecule has 3 N–H and O–H groups in total. The molecule has 0 fully saturated rings.